The summed E-state index contributed by atoms with van der Waals surface area (Å²) in [5.41, 5.74) is 1.30. The molecule has 3 aromatic carbocycles. The van der Waals surface area contributed by atoms with Crippen LogP contribution in [-0.4, -0.2) is 86.5 Å². The summed E-state index contributed by atoms with van der Waals surface area (Å²) in [6.45, 7) is 3.29. The van der Waals surface area contributed by atoms with Crippen molar-refractivity contribution in [3.63, 3.8) is 0 Å². The SMILES string of the molecule is CCOC(=O)COc1cccc(C(CN2CC[C@H](O)C2)N(C)C(=O)COc2ccc(N=[S-](=O)OC)c3ccccc23)c1. The van der Waals surface area contributed by atoms with E-state index in [1.807, 2.05) is 36.4 Å². The monoisotopic (exact) mass is 598 g/mol. The van der Waals surface area contributed by atoms with E-state index in [1.165, 1.54) is 7.11 Å². The quantitative estimate of drug-likeness (QED) is 0.231. The zero-order valence-corrected chi connectivity index (χ0v) is 24.7. The van der Waals surface area contributed by atoms with E-state index in [0.717, 1.165) is 10.9 Å². The van der Waals surface area contributed by atoms with Gasteiger partial charge in [-0.15, -0.1) is 0 Å². The highest BCUT2D eigenvalue weighted by Gasteiger charge is 2.29. The third-order valence-corrected chi connectivity index (χ3v) is 7.60. The Bertz CT molecular complexity index is 1480. The first-order valence-corrected chi connectivity index (χ1v) is 14.7. The van der Waals surface area contributed by atoms with Crippen LogP contribution in [0.15, 0.2) is 65.0 Å². The molecule has 3 aromatic rings. The lowest BCUT2D eigenvalue weighted by atomic mass is 10.0. The van der Waals surface area contributed by atoms with Crippen molar-refractivity contribution in [1.82, 2.24) is 9.80 Å². The molecule has 1 N–H and O–H groups in total. The van der Waals surface area contributed by atoms with Crippen molar-refractivity contribution in [1.29, 1.82) is 0 Å². The third-order valence-electron chi connectivity index (χ3n) is 6.97. The van der Waals surface area contributed by atoms with E-state index < -0.39 is 23.0 Å². The van der Waals surface area contributed by atoms with Crippen LogP contribution in [0.2, 0.25) is 0 Å². The van der Waals surface area contributed by atoms with E-state index in [-0.39, 0.29) is 31.8 Å². The van der Waals surface area contributed by atoms with Crippen LogP contribution in [-0.2, 0) is 33.6 Å². The Hall–Kier alpha value is -3.71. The molecule has 0 saturated carbocycles. The van der Waals surface area contributed by atoms with Gasteiger partial charge in [-0.3, -0.25) is 9.69 Å². The summed E-state index contributed by atoms with van der Waals surface area (Å²) >= 11 is 0. The fourth-order valence-corrected chi connectivity index (χ4v) is 5.22. The molecule has 1 fully saturated rings. The summed E-state index contributed by atoms with van der Waals surface area (Å²) in [5.74, 6) is 0.255. The van der Waals surface area contributed by atoms with E-state index >= 15 is 0 Å². The maximum Gasteiger partial charge on any atom is 0.344 e. The fourth-order valence-electron chi connectivity index (χ4n) is 4.82. The topological polar surface area (TPSA) is 127 Å². The summed E-state index contributed by atoms with van der Waals surface area (Å²) in [4.78, 5) is 29.0. The van der Waals surface area contributed by atoms with E-state index in [0.29, 0.717) is 48.6 Å². The van der Waals surface area contributed by atoms with Crippen molar-refractivity contribution < 1.29 is 37.3 Å². The number of likely N-dealkylation sites (N-methyl/N-ethyl adjacent to an activating group) is 1. The van der Waals surface area contributed by atoms with Crippen LogP contribution >= 0.6 is 0 Å². The maximum absolute atomic E-state index is 13.5. The molecule has 11 nitrogen and oxygen atoms in total. The lowest BCUT2D eigenvalue weighted by molar-refractivity contribution is -0.145. The number of hydrogen-bond donors (Lipinski definition) is 1. The number of esters is 1. The van der Waals surface area contributed by atoms with E-state index in [2.05, 4.69) is 9.26 Å². The Morgan fingerprint density at radius 3 is 2.60 bits per heavy atom. The molecule has 0 radical (unpaired) electrons. The van der Waals surface area contributed by atoms with Gasteiger partial charge in [0.05, 0.1) is 18.8 Å². The third kappa shape index (κ3) is 8.19. The number of aliphatic hydroxyl groups excluding tert-OH is 1. The molecule has 0 spiro atoms. The number of rotatable bonds is 13. The maximum atomic E-state index is 13.5. The number of aliphatic hydroxyl groups is 1. The van der Waals surface area contributed by atoms with Crippen LogP contribution in [0.4, 0.5) is 5.69 Å². The molecule has 0 aromatic heterocycles. The first kappa shape index (κ1) is 31.2. The van der Waals surface area contributed by atoms with Crippen molar-refractivity contribution in [2.75, 3.05) is 53.6 Å². The predicted octanol–water partition coefficient (Wildman–Crippen LogP) is 3.77. The number of likely N-dealkylation sites (tertiary alicyclic amines) is 1. The summed E-state index contributed by atoms with van der Waals surface area (Å²) in [6, 6.07) is 17.6. The molecular weight excluding hydrogens is 562 g/mol. The molecule has 0 aliphatic carbocycles. The minimum atomic E-state index is -1.82. The molecule has 1 unspecified atom stereocenters. The van der Waals surface area contributed by atoms with Crippen LogP contribution in [0, 0.1) is 0 Å². The van der Waals surface area contributed by atoms with Gasteiger partial charge in [0.25, 0.3) is 5.91 Å². The second-order valence-corrected chi connectivity index (χ2v) is 10.7. The van der Waals surface area contributed by atoms with E-state index in [4.69, 9.17) is 18.4 Å². The van der Waals surface area contributed by atoms with Crippen molar-refractivity contribution in [3.05, 3.63) is 66.2 Å². The van der Waals surface area contributed by atoms with Crippen molar-refractivity contribution in [2.45, 2.75) is 25.5 Å². The zero-order valence-electron chi connectivity index (χ0n) is 23.9. The van der Waals surface area contributed by atoms with E-state index in [1.54, 1.807) is 43.1 Å². The first-order chi connectivity index (χ1) is 20.3. The summed E-state index contributed by atoms with van der Waals surface area (Å²) < 4.78 is 37.3. The van der Waals surface area contributed by atoms with Gasteiger partial charge in [0, 0.05) is 50.3 Å². The molecule has 4 rings (SSSR count). The molecule has 226 valence electrons. The summed E-state index contributed by atoms with van der Waals surface area (Å²) in [6.07, 6.45) is 0.266. The number of β-amino-alcohol motifs (C(OH)–C–C–N with tert-alkyl or cyclic N) is 1. The lowest BCUT2D eigenvalue weighted by Crippen LogP contribution is -2.41. The van der Waals surface area contributed by atoms with Crippen LogP contribution in [0.5, 0.6) is 11.5 Å². The van der Waals surface area contributed by atoms with Crippen LogP contribution in [0.1, 0.15) is 24.9 Å². The van der Waals surface area contributed by atoms with Gasteiger partial charge in [0.1, 0.15) is 11.5 Å². The Labute approximate surface area is 247 Å². The van der Waals surface area contributed by atoms with Crippen molar-refractivity contribution in [3.8, 4) is 11.5 Å². The molecule has 2 atom stereocenters. The molecule has 1 aliphatic rings. The van der Waals surface area contributed by atoms with Gasteiger partial charge >= 0.3 is 5.97 Å². The van der Waals surface area contributed by atoms with Crippen LogP contribution in [0.25, 0.3) is 10.8 Å². The molecule has 1 heterocycles. The average molecular weight is 599 g/mol. The molecule has 42 heavy (non-hydrogen) atoms. The second kappa shape index (κ2) is 15.0. The van der Waals surface area contributed by atoms with Crippen molar-refractivity contribution in [2.24, 2.45) is 4.36 Å². The lowest BCUT2D eigenvalue weighted by Gasteiger charge is -2.32. The second-order valence-electron chi connectivity index (χ2n) is 9.78. The van der Waals surface area contributed by atoms with Crippen molar-refractivity contribution >= 4 is 39.2 Å². The van der Waals surface area contributed by atoms with Gasteiger partial charge < -0.3 is 37.0 Å². The highest BCUT2D eigenvalue weighted by molar-refractivity contribution is 7.69. The number of carbonyl (C=O) groups excluding carboxylic acids is 2. The number of fused-ring (bicyclic) bond motifs is 1. The molecule has 12 heteroatoms. The van der Waals surface area contributed by atoms with Gasteiger partial charge in [-0.2, -0.15) is 0 Å². The Morgan fingerprint density at radius 2 is 1.88 bits per heavy atom. The normalized spacial score (nSPS) is 16.7. The largest absolute Gasteiger partial charge is 0.483 e. The molecule has 0 bridgehead atoms. The summed E-state index contributed by atoms with van der Waals surface area (Å²) in [7, 11) is 1.21. The highest BCUT2D eigenvalue weighted by atomic mass is 32.2. The number of hydrogen-bond acceptors (Lipinski definition) is 11. The number of benzene rings is 3. The predicted molar refractivity (Wildman–Crippen MR) is 158 cm³/mol. The number of ether oxygens (including phenoxy) is 3. The molecule has 1 aliphatic heterocycles. The standard InChI is InChI=1S/C30H36N3O8S/c1-4-39-30(36)20-40-23-9-7-8-21(16-23)27(18-33-15-14-22(34)17-33)32(2)29(35)19-41-28-13-12-26(31-42(37)38-3)24-10-5-6-11-25(24)28/h5-13,16,22,27,34H,4,14-15,17-20H2,1-3H3/q-1/t22-,27?/m0/s1. The van der Waals surface area contributed by atoms with Gasteiger partial charge in [0.15, 0.2) is 13.2 Å². The van der Waals surface area contributed by atoms with Crippen LogP contribution in [0.3, 0.4) is 0 Å². The average Bonchev–Trinajstić information content (AvgIpc) is 3.42. The van der Waals surface area contributed by atoms with Gasteiger partial charge in [-0.05, 0) is 43.2 Å². The van der Waals surface area contributed by atoms with Gasteiger partial charge in [-0.25, -0.2) is 4.79 Å². The highest BCUT2D eigenvalue weighted by Crippen LogP contribution is 2.34. The molecule has 1 saturated heterocycles. The number of amides is 1. The first-order valence-electron chi connectivity index (χ1n) is 13.7. The minimum absolute atomic E-state index is 0.218. The van der Waals surface area contributed by atoms with Crippen LogP contribution < -0.4 is 9.47 Å². The minimum Gasteiger partial charge on any atom is -0.483 e. The zero-order chi connectivity index (χ0) is 30.1. The number of nitrogens with zero attached hydrogens (tertiary/aromatic N) is 3. The Balaban J connectivity index is 1.52. The smallest absolute Gasteiger partial charge is 0.344 e. The molecule has 1 amide bonds. The Morgan fingerprint density at radius 1 is 1.10 bits per heavy atom. The fraction of sp³-hybridized carbons (Fsp3) is 0.400. The molecular formula is C30H36N3O8S-. The summed E-state index contributed by atoms with van der Waals surface area (Å²) in [5, 5.41) is 11.5. The Kier molecular flexibility index (Phi) is 11.1. The number of carbonyl (C=O) groups is 2. The van der Waals surface area contributed by atoms with Gasteiger partial charge in [0.2, 0.25) is 0 Å². The van der Waals surface area contributed by atoms with Gasteiger partial charge in [-0.1, -0.05) is 47.3 Å². The van der Waals surface area contributed by atoms with E-state index in [9.17, 15) is 18.9 Å².